The van der Waals surface area contributed by atoms with Crippen molar-refractivity contribution in [3.8, 4) is 17.2 Å². The van der Waals surface area contributed by atoms with E-state index in [-0.39, 0.29) is 45.5 Å². The van der Waals surface area contributed by atoms with Crippen molar-refractivity contribution >= 4 is 39.1 Å². The van der Waals surface area contributed by atoms with Gasteiger partial charge in [-0.1, -0.05) is 55.3 Å². The Kier molecular flexibility index (Phi) is 11.9. The third kappa shape index (κ3) is 8.35. The predicted octanol–water partition coefficient (Wildman–Crippen LogP) is 5.06. The molecule has 0 spiro atoms. The van der Waals surface area contributed by atoms with Gasteiger partial charge >= 0.3 is 0 Å². The number of halogens is 1. The van der Waals surface area contributed by atoms with Gasteiger partial charge in [0.25, 0.3) is 10.0 Å². The average molecular weight is 646 g/mol. The number of nitrogens with one attached hydrogen (secondary N) is 1. The number of carbonyl (C=O) groups is 2. The largest absolute Gasteiger partial charge is 0.495 e. The minimum absolute atomic E-state index is 0.0514. The second kappa shape index (κ2) is 15.2. The Labute approximate surface area is 264 Å². The van der Waals surface area contributed by atoms with Crippen LogP contribution < -0.4 is 23.8 Å². The van der Waals surface area contributed by atoms with Crippen molar-refractivity contribution < 1.29 is 32.2 Å². The first-order valence-electron chi connectivity index (χ1n) is 14.0. The van der Waals surface area contributed by atoms with E-state index in [1.165, 1.54) is 56.6 Å². The minimum atomic E-state index is -4.43. The molecule has 0 aliphatic carbocycles. The van der Waals surface area contributed by atoms with E-state index in [9.17, 15) is 18.0 Å². The maximum Gasteiger partial charge on any atom is 0.265 e. The summed E-state index contributed by atoms with van der Waals surface area (Å²) in [6.07, 6.45) is 0. The first-order chi connectivity index (χ1) is 20.8. The molecule has 10 nitrogen and oxygen atoms in total. The van der Waals surface area contributed by atoms with Gasteiger partial charge in [0.05, 0.1) is 31.9 Å². The Bertz CT molecular complexity index is 1580. The van der Waals surface area contributed by atoms with Gasteiger partial charge in [0.1, 0.15) is 18.3 Å². The lowest BCUT2D eigenvalue weighted by Gasteiger charge is -2.32. The van der Waals surface area contributed by atoms with E-state index in [1.54, 1.807) is 13.0 Å². The number of ether oxygens (including phenoxy) is 3. The number of nitrogens with zero attached hydrogens (tertiary/aromatic N) is 2. The molecular weight excluding hydrogens is 606 g/mol. The molecular formula is C32H40ClN3O7S. The summed E-state index contributed by atoms with van der Waals surface area (Å²) < 4.78 is 45.6. The fraction of sp³-hybridized carbons (Fsp3) is 0.375. The molecule has 0 heterocycles. The molecule has 44 heavy (non-hydrogen) atoms. The van der Waals surface area contributed by atoms with E-state index in [0.717, 1.165) is 15.4 Å². The molecule has 0 fully saturated rings. The molecule has 1 unspecified atom stereocenters. The van der Waals surface area contributed by atoms with Crippen molar-refractivity contribution in [2.75, 3.05) is 38.7 Å². The standard InChI is InChI=1S/C32H40ClN3O7S/c1-21(2)18-34-32(38)23(4)35(19-24-10-8-9-22(3)15-24)31(37)20-36(27-16-25(33)11-13-28(27)41-5)44(39,40)26-12-14-29(42-6)30(17-26)43-7/h8-17,21,23H,18-20H2,1-7H3,(H,34,38). The van der Waals surface area contributed by atoms with Crippen LogP contribution in [0.1, 0.15) is 31.9 Å². The van der Waals surface area contributed by atoms with Gasteiger partial charge in [-0.25, -0.2) is 8.42 Å². The number of methoxy groups -OCH3 is 3. The van der Waals surface area contributed by atoms with Crippen molar-refractivity contribution in [2.45, 2.75) is 45.2 Å². The Balaban J connectivity index is 2.13. The van der Waals surface area contributed by atoms with Gasteiger partial charge in [-0.15, -0.1) is 0 Å². The minimum Gasteiger partial charge on any atom is -0.495 e. The maximum atomic E-state index is 14.3. The molecule has 12 heteroatoms. The second-order valence-corrected chi connectivity index (χ2v) is 13.0. The highest BCUT2D eigenvalue weighted by atomic mass is 35.5. The fourth-order valence-electron chi connectivity index (χ4n) is 4.52. The highest BCUT2D eigenvalue weighted by Crippen LogP contribution is 2.37. The number of rotatable bonds is 14. The molecule has 3 rings (SSSR count). The molecule has 1 N–H and O–H groups in total. The molecule has 0 aliphatic heterocycles. The topological polar surface area (TPSA) is 114 Å². The highest BCUT2D eigenvalue weighted by molar-refractivity contribution is 7.92. The average Bonchev–Trinajstić information content (AvgIpc) is 3.00. The van der Waals surface area contributed by atoms with Crippen LogP contribution in [0.5, 0.6) is 17.2 Å². The summed E-state index contributed by atoms with van der Waals surface area (Å²) in [5.74, 6) is -0.0581. The SMILES string of the molecule is COc1ccc(S(=O)(=O)N(CC(=O)N(Cc2cccc(C)c2)C(C)C(=O)NCC(C)C)c2cc(Cl)ccc2OC)cc1OC. The second-order valence-electron chi connectivity index (χ2n) is 10.7. The van der Waals surface area contributed by atoms with Crippen LogP contribution in [-0.4, -0.2) is 65.6 Å². The lowest BCUT2D eigenvalue weighted by molar-refractivity contribution is -0.139. The molecule has 3 aromatic rings. The van der Waals surface area contributed by atoms with Crippen molar-refractivity contribution in [2.24, 2.45) is 5.92 Å². The summed E-state index contributed by atoms with van der Waals surface area (Å²) in [6.45, 7) is 7.34. The highest BCUT2D eigenvalue weighted by Gasteiger charge is 2.34. The van der Waals surface area contributed by atoms with Crippen LogP contribution in [0.15, 0.2) is 65.6 Å². The quantitative estimate of drug-likeness (QED) is 0.261. The third-order valence-electron chi connectivity index (χ3n) is 6.92. The Morgan fingerprint density at radius 3 is 2.16 bits per heavy atom. The van der Waals surface area contributed by atoms with E-state index in [1.807, 2.05) is 45.0 Å². The number of hydrogen-bond donors (Lipinski definition) is 1. The number of carbonyl (C=O) groups excluding carboxylic acids is 2. The monoisotopic (exact) mass is 645 g/mol. The lowest BCUT2D eigenvalue weighted by Crippen LogP contribution is -2.51. The summed E-state index contributed by atoms with van der Waals surface area (Å²) >= 11 is 6.31. The van der Waals surface area contributed by atoms with Crippen molar-refractivity contribution in [3.63, 3.8) is 0 Å². The molecule has 0 aliphatic rings. The number of hydrogen-bond acceptors (Lipinski definition) is 7. The molecule has 3 aromatic carbocycles. The van der Waals surface area contributed by atoms with Gasteiger partial charge in [0, 0.05) is 24.2 Å². The number of amides is 2. The zero-order chi connectivity index (χ0) is 32.6. The molecule has 0 saturated carbocycles. The van der Waals surface area contributed by atoms with Gasteiger partial charge in [-0.05, 0) is 55.7 Å². The van der Waals surface area contributed by atoms with Gasteiger partial charge in [0.15, 0.2) is 11.5 Å². The van der Waals surface area contributed by atoms with E-state index < -0.39 is 28.5 Å². The molecule has 0 radical (unpaired) electrons. The van der Waals surface area contributed by atoms with Crippen LogP contribution in [0.25, 0.3) is 0 Å². The van der Waals surface area contributed by atoms with Gasteiger partial charge in [-0.3, -0.25) is 13.9 Å². The smallest absolute Gasteiger partial charge is 0.265 e. The lowest BCUT2D eigenvalue weighted by atomic mass is 10.1. The molecule has 0 saturated heterocycles. The molecule has 0 bridgehead atoms. The van der Waals surface area contributed by atoms with Gasteiger partial charge < -0.3 is 24.4 Å². The first-order valence-corrected chi connectivity index (χ1v) is 15.8. The Hall–Kier alpha value is -3.96. The zero-order valence-corrected chi connectivity index (χ0v) is 27.7. The van der Waals surface area contributed by atoms with E-state index in [2.05, 4.69) is 5.32 Å². The van der Waals surface area contributed by atoms with Gasteiger partial charge in [0.2, 0.25) is 11.8 Å². The van der Waals surface area contributed by atoms with E-state index in [4.69, 9.17) is 25.8 Å². The normalized spacial score (nSPS) is 11.9. The van der Waals surface area contributed by atoms with Crippen LogP contribution in [0.4, 0.5) is 5.69 Å². The summed E-state index contributed by atoms with van der Waals surface area (Å²) in [7, 11) is -0.203. The molecule has 238 valence electrons. The van der Waals surface area contributed by atoms with Gasteiger partial charge in [-0.2, -0.15) is 0 Å². The van der Waals surface area contributed by atoms with Crippen LogP contribution in [0.2, 0.25) is 5.02 Å². The molecule has 1 atom stereocenters. The number of anilines is 1. The van der Waals surface area contributed by atoms with E-state index >= 15 is 0 Å². The van der Waals surface area contributed by atoms with Crippen LogP contribution in [0, 0.1) is 12.8 Å². The summed E-state index contributed by atoms with van der Waals surface area (Å²) in [6, 6.07) is 15.3. The van der Waals surface area contributed by atoms with Crippen LogP contribution in [-0.2, 0) is 26.2 Å². The fourth-order valence-corrected chi connectivity index (χ4v) is 6.12. The van der Waals surface area contributed by atoms with Crippen LogP contribution in [0.3, 0.4) is 0 Å². The van der Waals surface area contributed by atoms with Crippen molar-refractivity contribution in [3.05, 3.63) is 76.8 Å². The Morgan fingerprint density at radius 1 is 0.886 bits per heavy atom. The van der Waals surface area contributed by atoms with Crippen molar-refractivity contribution in [1.82, 2.24) is 10.2 Å². The predicted molar refractivity (Wildman–Crippen MR) is 171 cm³/mol. The summed E-state index contributed by atoms with van der Waals surface area (Å²) in [4.78, 5) is 28.6. The number of benzene rings is 3. The first kappa shape index (κ1) is 34.5. The third-order valence-corrected chi connectivity index (χ3v) is 8.91. The number of sulfonamides is 1. The summed E-state index contributed by atoms with van der Waals surface area (Å²) in [5, 5.41) is 3.11. The number of aryl methyl sites for hydroxylation is 1. The van der Waals surface area contributed by atoms with Crippen molar-refractivity contribution in [1.29, 1.82) is 0 Å². The van der Waals surface area contributed by atoms with Crippen LogP contribution >= 0.6 is 11.6 Å². The summed E-state index contributed by atoms with van der Waals surface area (Å²) in [5.41, 5.74) is 1.82. The maximum absolute atomic E-state index is 14.3. The molecule has 0 aromatic heterocycles. The van der Waals surface area contributed by atoms with E-state index in [0.29, 0.717) is 12.3 Å². The molecule has 2 amide bonds. The Morgan fingerprint density at radius 2 is 1.55 bits per heavy atom. The zero-order valence-electron chi connectivity index (χ0n) is 26.1.